The molecule has 310 valence electrons. The van der Waals surface area contributed by atoms with Gasteiger partial charge in [0.1, 0.15) is 48.5 Å². The van der Waals surface area contributed by atoms with Crippen LogP contribution in [0.1, 0.15) is 34.0 Å². The van der Waals surface area contributed by atoms with Gasteiger partial charge >= 0.3 is 18.1 Å². The molecule has 0 saturated carbocycles. The van der Waals surface area contributed by atoms with E-state index in [4.69, 9.17) is 35.6 Å². The molecule has 1 amide bonds. The third kappa shape index (κ3) is 10.8. The molecule has 1 fully saturated rings. The highest BCUT2D eigenvalue weighted by Crippen LogP contribution is 2.32. The molecule has 19 nitrogen and oxygen atoms in total. The number of carbonyl (C=O) groups is 3. The normalized spacial score (nSPS) is 24.1. The number of hydrogen-bond donors (Lipinski definition) is 11. The van der Waals surface area contributed by atoms with Crippen molar-refractivity contribution >= 4 is 17.8 Å². The van der Waals surface area contributed by atoms with Crippen molar-refractivity contribution < 1.29 is 101 Å². The smallest absolute Gasteiger partial charge is 0.449 e. The van der Waals surface area contributed by atoms with Crippen LogP contribution in [0, 0.1) is 17.5 Å². The fourth-order valence-corrected chi connectivity index (χ4v) is 5.56. The molecule has 2 aliphatic rings. The quantitative estimate of drug-likeness (QED) is 0.0696. The number of carboxylic acids is 2. The zero-order chi connectivity index (χ0) is 41.7. The molecule has 25 heteroatoms. The highest BCUT2D eigenvalue weighted by Gasteiger charge is 2.47. The summed E-state index contributed by atoms with van der Waals surface area (Å²) in [5, 5.41) is 93.7. The first-order valence-electron chi connectivity index (χ1n) is 15.9. The van der Waals surface area contributed by atoms with E-state index in [1.807, 2.05) is 0 Å². The standard InChI is InChI=1S/C18H16F6N4O3.C12H22O12/c19-10-6-12(21)11(20)4-8(10)3-9(25)5-14(29)27-1-2-28-13(7-27)15(16(30)31)26-17(28)18(22,23)24;13-1-3(15)10(7(18)8(19)11(21)22)24-12-9(20)6(17)5(16)4(2-14)23-12/h4,6,9H,1-3,5,7,25H2,(H,30,31);3-10,12-20H,1-2H2,(H,21,22)/t9-;3-,4-,5+,6+,7-,8-,9-,10-,12+/m11/s1. The Balaban J connectivity index is 0.000000306. The van der Waals surface area contributed by atoms with Crippen LogP contribution in [0.15, 0.2) is 12.1 Å². The first-order chi connectivity index (χ1) is 25.5. The Labute approximate surface area is 305 Å². The predicted octanol–water partition coefficient (Wildman–Crippen LogP) is -3.35. The van der Waals surface area contributed by atoms with E-state index in [-0.39, 0.29) is 37.2 Å². The monoisotopic (exact) mass is 808 g/mol. The molecule has 4 rings (SSSR count). The number of aliphatic carboxylic acids is 1. The number of aromatic nitrogens is 2. The molecule has 12 N–H and O–H groups in total. The van der Waals surface area contributed by atoms with E-state index in [1.165, 1.54) is 0 Å². The molecule has 1 aromatic heterocycles. The average Bonchev–Trinajstić information content (AvgIpc) is 3.52. The molecule has 2 aliphatic heterocycles. The number of aromatic carboxylic acids is 1. The van der Waals surface area contributed by atoms with Crippen molar-refractivity contribution in [3.8, 4) is 0 Å². The third-order valence-corrected chi connectivity index (χ3v) is 8.44. The molecule has 55 heavy (non-hydrogen) atoms. The number of carbonyl (C=O) groups excluding carboxylic acids is 1. The number of rotatable bonds is 13. The second-order valence-corrected chi connectivity index (χ2v) is 12.3. The second-order valence-electron chi connectivity index (χ2n) is 12.3. The summed E-state index contributed by atoms with van der Waals surface area (Å²) in [7, 11) is 0. The van der Waals surface area contributed by atoms with Crippen LogP contribution in [0.5, 0.6) is 0 Å². The van der Waals surface area contributed by atoms with Gasteiger partial charge in [0, 0.05) is 31.6 Å². The Bertz CT molecular complexity index is 1670. The zero-order valence-electron chi connectivity index (χ0n) is 28.1. The molecule has 0 spiro atoms. The Kier molecular flexibility index (Phi) is 15.5. The maximum absolute atomic E-state index is 13.8. The number of aliphatic hydroxyl groups is 8. The number of halogens is 6. The second kappa shape index (κ2) is 18.7. The minimum Gasteiger partial charge on any atom is -0.479 e. The van der Waals surface area contributed by atoms with Crippen molar-refractivity contribution in [3.63, 3.8) is 0 Å². The van der Waals surface area contributed by atoms with E-state index < -0.39 is 134 Å². The van der Waals surface area contributed by atoms with Gasteiger partial charge in [0.2, 0.25) is 11.7 Å². The SMILES string of the molecule is N[C@@H](CC(=O)N1CCn2c(C(F)(F)F)nc(C(=O)O)c2C1)Cc1cc(F)c(F)cc1F.O=C(O)[C@H](O)[C@@H](O)[C@H](O[C@@H]1O[C@H](CO)[C@H](O)[C@H](O)[C@H]1O)[C@H](O)CO. The van der Waals surface area contributed by atoms with Crippen LogP contribution >= 0.6 is 0 Å². The maximum atomic E-state index is 13.8. The molecule has 2 aromatic rings. The van der Waals surface area contributed by atoms with Gasteiger partial charge in [-0.1, -0.05) is 0 Å². The van der Waals surface area contributed by atoms with Gasteiger partial charge in [-0.3, -0.25) is 4.79 Å². The molecule has 0 unspecified atom stereocenters. The van der Waals surface area contributed by atoms with E-state index in [0.29, 0.717) is 16.7 Å². The third-order valence-electron chi connectivity index (χ3n) is 8.44. The summed E-state index contributed by atoms with van der Waals surface area (Å²) < 4.78 is 90.1. The largest absolute Gasteiger partial charge is 0.479 e. The zero-order valence-corrected chi connectivity index (χ0v) is 28.1. The number of nitrogens with zero attached hydrogens (tertiary/aromatic N) is 3. The van der Waals surface area contributed by atoms with Gasteiger partial charge in [0.05, 0.1) is 25.5 Å². The van der Waals surface area contributed by atoms with Gasteiger partial charge in [-0.25, -0.2) is 27.7 Å². The minimum absolute atomic E-state index is 0.156. The Morgan fingerprint density at radius 3 is 2.13 bits per heavy atom. The van der Waals surface area contributed by atoms with E-state index in [9.17, 15) is 71.4 Å². The lowest BCUT2D eigenvalue weighted by Crippen LogP contribution is -2.61. The molecular formula is C30H38F6N4O15. The number of fused-ring (bicyclic) bond motifs is 1. The number of amides is 1. The van der Waals surface area contributed by atoms with Crippen molar-refractivity contribution in [1.29, 1.82) is 0 Å². The predicted molar refractivity (Wildman–Crippen MR) is 164 cm³/mol. The molecule has 1 aromatic carbocycles. The van der Waals surface area contributed by atoms with Gasteiger partial charge in [-0.2, -0.15) is 13.2 Å². The van der Waals surface area contributed by atoms with Gasteiger partial charge in [0.15, 0.2) is 29.7 Å². The summed E-state index contributed by atoms with van der Waals surface area (Å²) in [6.07, 6.45) is -22.5. The maximum Gasteiger partial charge on any atom is 0.449 e. The fourth-order valence-electron chi connectivity index (χ4n) is 5.56. The van der Waals surface area contributed by atoms with Gasteiger partial charge in [0.25, 0.3) is 0 Å². The number of aliphatic hydroxyl groups excluding tert-OH is 8. The molecular weight excluding hydrogens is 770 g/mol. The van der Waals surface area contributed by atoms with Gasteiger partial charge < -0.3 is 75.7 Å². The van der Waals surface area contributed by atoms with Crippen LogP contribution in [-0.2, 0) is 44.7 Å². The van der Waals surface area contributed by atoms with Crippen molar-refractivity contribution in [1.82, 2.24) is 14.5 Å². The lowest BCUT2D eigenvalue weighted by molar-refractivity contribution is -0.326. The average molecular weight is 809 g/mol. The highest BCUT2D eigenvalue weighted by molar-refractivity contribution is 5.87. The first-order valence-corrected chi connectivity index (χ1v) is 15.9. The van der Waals surface area contributed by atoms with E-state index in [1.54, 1.807) is 0 Å². The number of alkyl halides is 3. The lowest BCUT2D eigenvalue weighted by Gasteiger charge is -2.42. The van der Waals surface area contributed by atoms with Crippen LogP contribution < -0.4 is 5.73 Å². The van der Waals surface area contributed by atoms with Crippen molar-refractivity contribution in [3.05, 3.63) is 52.4 Å². The van der Waals surface area contributed by atoms with Crippen LogP contribution in [0.25, 0.3) is 0 Å². The van der Waals surface area contributed by atoms with Crippen LogP contribution in [-0.4, -0.2) is 164 Å². The van der Waals surface area contributed by atoms with Gasteiger partial charge in [-0.05, 0) is 18.1 Å². The van der Waals surface area contributed by atoms with Crippen molar-refractivity contribution in [2.45, 2.75) is 93.3 Å². The molecule has 0 bridgehead atoms. The highest BCUT2D eigenvalue weighted by atomic mass is 19.4. The molecule has 10 atom stereocenters. The number of imidazole rings is 1. The fraction of sp³-hybridized carbons (Fsp3) is 0.600. The minimum atomic E-state index is -4.87. The number of hydrogen-bond acceptors (Lipinski definition) is 15. The molecule has 0 radical (unpaired) electrons. The summed E-state index contributed by atoms with van der Waals surface area (Å²) in [6.45, 7) is -2.68. The number of ether oxygens (including phenoxy) is 2. The van der Waals surface area contributed by atoms with Crippen molar-refractivity contribution in [2.75, 3.05) is 19.8 Å². The summed E-state index contributed by atoms with van der Waals surface area (Å²) >= 11 is 0. The Morgan fingerprint density at radius 1 is 0.964 bits per heavy atom. The van der Waals surface area contributed by atoms with Crippen LogP contribution in [0.4, 0.5) is 26.3 Å². The molecule has 3 heterocycles. The summed E-state index contributed by atoms with van der Waals surface area (Å²) in [5.41, 5.74) is 4.49. The molecule has 0 aliphatic carbocycles. The summed E-state index contributed by atoms with van der Waals surface area (Å²) in [6, 6.07) is -0.00786. The number of nitrogens with two attached hydrogens (primary N) is 1. The van der Waals surface area contributed by atoms with Crippen LogP contribution in [0.3, 0.4) is 0 Å². The summed E-state index contributed by atoms with van der Waals surface area (Å²) in [4.78, 5) is 38.8. The molecule has 1 saturated heterocycles. The topological polar surface area (TPSA) is 319 Å². The Morgan fingerprint density at radius 2 is 1.58 bits per heavy atom. The van der Waals surface area contributed by atoms with E-state index in [0.717, 1.165) is 4.90 Å². The van der Waals surface area contributed by atoms with Crippen molar-refractivity contribution in [2.24, 2.45) is 5.73 Å². The Hall–Kier alpha value is -4.02. The first kappa shape index (κ1) is 45.4. The van der Waals surface area contributed by atoms with E-state index >= 15 is 0 Å². The van der Waals surface area contributed by atoms with E-state index in [2.05, 4.69) is 4.98 Å². The van der Waals surface area contributed by atoms with Crippen LogP contribution in [0.2, 0.25) is 0 Å². The lowest BCUT2D eigenvalue weighted by atomic mass is 9.98. The van der Waals surface area contributed by atoms with Gasteiger partial charge in [-0.15, -0.1) is 0 Å². The number of benzene rings is 1. The summed E-state index contributed by atoms with van der Waals surface area (Å²) in [5.74, 6) is -9.17. The number of carboxylic acid groups (broad SMARTS) is 2.